The Morgan fingerprint density at radius 2 is 1.67 bits per heavy atom. The number of benzene rings is 1. The molecular formula is C14H21O3P. The minimum atomic E-state index is -3.12. The minimum absolute atomic E-state index is 0.375. The lowest BCUT2D eigenvalue weighted by molar-refractivity contribution is 0.229. The van der Waals surface area contributed by atoms with Gasteiger partial charge in [0.25, 0.3) is 0 Å². The fraction of sp³-hybridized carbons (Fsp3) is 0.429. The topological polar surface area (TPSA) is 35.5 Å². The van der Waals surface area contributed by atoms with Crippen molar-refractivity contribution in [2.24, 2.45) is 0 Å². The SMILES string of the molecule is CCOP(=O)(/C=C(/CC)c1ccccc1)OCC. The third kappa shape index (κ3) is 4.41. The molecule has 0 aliphatic carbocycles. The molecule has 0 saturated heterocycles. The van der Waals surface area contributed by atoms with E-state index in [9.17, 15) is 4.57 Å². The summed E-state index contributed by atoms with van der Waals surface area (Å²) in [7, 11) is -3.12. The van der Waals surface area contributed by atoms with Gasteiger partial charge in [-0.2, -0.15) is 0 Å². The van der Waals surface area contributed by atoms with Gasteiger partial charge in [-0.1, -0.05) is 37.3 Å². The fourth-order valence-corrected chi connectivity index (χ4v) is 3.34. The highest BCUT2D eigenvalue weighted by atomic mass is 31.2. The highest BCUT2D eigenvalue weighted by Crippen LogP contribution is 2.51. The van der Waals surface area contributed by atoms with Crippen LogP contribution in [0.3, 0.4) is 0 Å². The van der Waals surface area contributed by atoms with Gasteiger partial charge in [0.2, 0.25) is 0 Å². The van der Waals surface area contributed by atoms with E-state index in [4.69, 9.17) is 9.05 Å². The first kappa shape index (κ1) is 15.2. The van der Waals surface area contributed by atoms with E-state index in [0.717, 1.165) is 17.6 Å². The molecule has 0 aliphatic heterocycles. The molecule has 100 valence electrons. The minimum Gasteiger partial charge on any atom is -0.306 e. The Balaban J connectivity index is 3.05. The first-order chi connectivity index (χ1) is 8.65. The average Bonchev–Trinajstić information content (AvgIpc) is 2.38. The van der Waals surface area contributed by atoms with E-state index < -0.39 is 7.60 Å². The van der Waals surface area contributed by atoms with Gasteiger partial charge in [-0.3, -0.25) is 4.57 Å². The molecule has 3 nitrogen and oxygen atoms in total. The first-order valence-electron chi connectivity index (χ1n) is 6.31. The smallest absolute Gasteiger partial charge is 0.306 e. The molecule has 0 spiro atoms. The maximum absolute atomic E-state index is 12.4. The van der Waals surface area contributed by atoms with E-state index in [1.54, 1.807) is 5.82 Å². The van der Waals surface area contributed by atoms with Gasteiger partial charge in [-0.25, -0.2) is 0 Å². The van der Waals surface area contributed by atoms with Crippen LogP contribution in [0.5, 0.6) is 0 Å². The second-order valence-corrected chi connectivity index (χ2v) is 5.60. The molecule has 1 rings (SSSR count). The molecule has 1 aromatic carbocycles. The summed E-state index contributed by atoms with van der Waals surface area (Å²) in [6, 6.07) is 9.88. The highest BCUT2D eigenvalue weighted by molar-refractivity contribution is 7.57. The van der Waals surface area contributed by atoms with Crippen LogP contribution in [0.4, 0.5) is 0 Å². The number of hydrogen-bond donors (Lipinski definition) is 0. The zero-order valence-corrected chi connectivity index (χ0v) is 12.2. The second kappa shape index (κ2) is 7.52. The second-order valence-electron chi connectivity index (χ2n) is 3.75. The zero-order chi connectivity index (χ0) is 13.4. The van der Waals surface area contributed by atoms with Crippen molar-refractivity contribution in [2.45, 2.75) is 27.2 Å². The largest absolute Gasteiger partial charge is 0.354 e. The monoisotopic (exact) mass is 268 g/mol. The maximum atomic E-state index is 12.4. The molecule has 0 atom stereocenters. The Morgan fingerprint density at radius 1 is 1.11 bits per heavy atom. The molecule has 18 heavy (non-hydrogen) atoms. The standard InChI is InChI=1S/C14H21O3P/c1-4-13(14-10-8-7-9-11-14)12-18(15,16-5-2)17-6-3/h7-12H,4-6H2,1-3H3/b13-12-. The molecule has 0 bridgehead atoms. The van der Waals surface area contributed by atoms with Crippen LogP contribution in [0.1, 0.15) is 32.8 Å². The van der Waals surface area contributed by atoms with E-state index in [2.05, 4.69) is 0 Å². The van der Waals surface area contributed by atoms with Crippen molar-refractivity contribution < 1.29 is 13.6 Å². The molecule has 0 radical (unpaired) electrons. The average molecular weight is 268 g/mol. The van der Waals surface area contributed by atoms with E-state index in [1.807, 2.05) is 51.1 Å². The molecule has 0 heterocycles. The molecule has 0 N–H and O–H groups in total. The fourth-order valence-electron chi connectivity index (χ4n) is 1.68. The normalized spacial score (nSPS) is 12.7. The van der Waals surface area contributed by atoms with Crippen molar-refractivity contribution in [2.75, 3.05) is 13.2 Å². The summed E-state index contributed by atoms with van der Waals surface area (Å²) in [6.45, 7) is 6.40. The van der Waals surface area contributed by atoms with E-state index in [0.29, 0.717) is 13.2 Å². The molecule has 0 unspecified atom stereocenters. The number of hydrogen-bond acceptors (Lipinski definition) is 3. The first-order valence-corrected chi connectivity index (χ1v) is 7.92. The Bertz CT molecular complexity index is 416. The molecule has 4 heteroatoms. The van der Waals surface area contributed by atoms with E-state index in [1.165, 1.54) is 0 Å². The van der Waals surface area contributed by atoms with Crippen molar-refractivity contribution >= 4 is 13.2 Å². The predicted octanol–water partition coefficient (Wildman–Crippen LogP) is 4.70. The van der Waals surface area contributed by atoms with Gasteiger partial charge in [0.15, 0.2) is 0 Å². The van der Waals surface area contributed by atoms with Crippen molar-refractivity contribution in [3.63, 3.8) is 0 Å². The zero-order valence-electron chi connectivity index (χ0n) is 11.3. The van der Waals surface area contributed by atoms with Gasteiger partial charge >= 0.3 is 7.60 Å². The third-order valence-corrected chi connectivity index (χ3v) is 4.32. The Morgan fingerprint density at radius 3 is 2.11 bits per heavy atom. The predicted molar refractivity (Wildman–Crippen MR) is 75.6 cm³/mol. The summed E-state index contributed by atoms with van der Waals surface area (Å²) < 4.78 is 23.0. The van der Waals surface area contributed by atoms with Crippen LogP contribution in [0.2, 0.25) is 0 Å². The van der Waals surface area contributed by atoms with Gasteiger partial charge in [0.1, 0.15) is 0 Å². The Hall–Kier alpha value is -0.890. The summed E-state index contributed by atoms with van der Waals surface area (Å²) in [5.74, 6) is 1.65. The van der Waals surface area contributed by atoms with E-state index >= 15 is 0 Å². The van der Waals surface area contributed by atoms with Gasteiger partial charge in [0, 0.05) is 5.82 Å². The number of allylic oxidation sites excluding steroid dienone is 1. The quantitative estimate of drug-likeness (QED) is 0.672. The lowest BCUT2D eigenvalue weighted by Crippen LogP contribution is -1.94. The molecule has 0 aromatic heterocycles. The van der Waals surface area contributed by atoms with Crippen LogP contribution >= 0.6 is 7.60 Å². The van der Waals surface area contributed by atoms with Gasteiger partial charge in [0.05, 0.1) is 13.2 Å². The molecular weight excluding hydrogens is 247 g/mol. The van der Waals surface area contributed by atoms with Gasteiger partial charge in [-0.05, 0) is 31.4 Å². The Kier molecular flexibility index (Phi) is 6.34. The van der Waals surface area contributed by atoms with Crippen molar-refractivity contribution in [3.8, 4) is 0 Å². The van der Waals surface area contributed by atoms with Gasteiger partial charge < -0.3 is 9.05 Å². The summed E-state index contributed by atoms with van der Waals surface area (Å²) in [5.41, 5.74) is 2.04. The van der Waals surface area contributed by atoms with Crippen molar-refractivity contribution in [1.29, 1.82) is 0 Å². The summed E-state index contributed by atoms with van der Waals surface area (Å²) in [4.78, 5) is 0. The highest BCUT2D eigenvalue weighted by Gasteiger charge is 2.21. The van der Waals surface area contributed by atoms with Gasteiger partial charge in [-0.15, -0.1) is 0 Å². The number of rotatable bonds is 7. The van der Waals surface area contributed by atoms with Crippen LogP contribution in [0, 0.1) is 0 Å². The summed E-state index contributed by atoms with van der Waals surface area (Å²) >= 11 is 0. The Labute approximate surface area is 109 Å². The van der Waals surface area contributed by atoms with Crippen LogP contribution in [0.25, 0.3) is 5.57 Å². The molecule has 1 aromatic rings. The maximum Gasteiger partial charge on any atom is 0.354 e. The molecule has 0 aliphatic rings. The molecule has 0 fully saturated rings. The van der Waals surface area contributed by atoms with Crippen LogP contribution in [-0.2, 0) is 13.6 Å². The lowest BCUT2D eigenvalue weighted by atomic mass is 10.1. The van der Waals surface area contributed by atoms with Crippen LogP contribution in [0.15, 0.2) is 36.1 Å². The van der Waals surface area contributed by atoms with Crippen molar-refractivity contribution in [1.82, 2.24) is 0 Å². The summed E-state index contributed by atoms with van der Waals surface area (Å²) in [5, 5.41) is 0. The molecule has 0 amide bonds. The summed E-state index contributed by atoms with van der Waals surface area (Å²) in [6.07, 6.45) is 0.786. The third-order valence-electron chi connectivity index (χ3n) is 2.46. The van der Waals surface area contributed by atoms with E-state index in [-0.39, 0.29) is 0 Å². The van der Waals surface area contributed by atoms with Crippen LogP contribution in [-0.4, -0.2) is 13.2 Å². The molecule has 0 saturated carbocycles. The van der Waals surface area contributed by atoms with Crippen LogP contribution < -0.4 is 0 Å². The lowest BCUT2D eigenvalue weighted by Gasteiger charge is -2.15. The van der Waals surface area contributed by atoms with Crippen molar-refractivity contribution in [3.05, 3.63) is 41.7 Å².